The Kier molecular flexibility index (Phi) is 6.37. The van der Waals surface area contributed by atoms with Gasteiger partial charge in [0, 0.05) is 0 Å². The summed E-state index contributed by atoms with van der Waals surface area (Å²) in [7, 11) is -0.355. The second-order valence-corrected chi connectivity index (χ2v) is 6.22. The third kappa shape index (κ3) is 5.89. The predicted molar refractivity (Wildman–Crippen MR) is 64.4 cm³/mol. The highest BCUT2D eigenvalue weighted by atomic mass is 32.2. The van der Waals surface area contributed by atoms with Gasteiger partial charge in [-0.1, -0.05) is 0 Å². The third-order valence-corrected chi connectivity index (χ3v) is 5.03. The van der Waals surface area contributed by atoms with Crippen molar-refractivity contribution in [2.75, 3.05) is 18.1 Å². The van der Waals surface area contributed by atoms with Crippen LogP contribution in [-0.4, -0.2) is 34.7 Å². The van der Waals surface area contributed by atoms with E-state index in [1.54, 1.807) is 6.82 Å². The van der Waals surface area contributed by atoms with Crippen LogP contribution < -0.4 is 5.23 Å². The minimum absolute atomic E-state index is 0.355. The zero-order chi connectivity index (χ0) is 9.52. The lowest BCUT2D eigenvalue weighted by Gasteiger charge is -2.20. The SMILES string of the molecule is CB(O)NCCCC1SCCCS1. The van der Waals surface area contributed by atoms with Crippen molar-refractivity contribution in [2.45, 2.75) is 30.7 Å². The summed E-state index contributed by atoms with van der Waals surface area (Å²) >= 11 is 4.19. The normalized spacial score (nSPS) is 18.9. The first kappa shape index (κ1) is 11.8. The highest BCUT2D eigenvalue weighted by Gasteiger charge is 2.13. The molecule has 0 unspecified atom stereocenters. The Morgan fingerprint density at radius 2 is 2.15 bits per heavy atom. The van der Waals surface area contributed by atoms with Crippen molar-refractivity contribution in [3.05, 3.63) is 0 Å². The van der Waals surface area contributed by atoms with Crippen molar-refractivity contribution in [3.8, 4) is 0 Å². The molecule has 1 saturated heterocycles. The maximum atomic E-state index is 8.97. The summed E-state index contributed by atoms with van der Waals surface area (Å²) in [4.78, 5) is 0. The zero-order valence-electron chi connectivity index (χ0n) is 8.16. The molecule has 2 N–H and O–H groups in total. The molecule has 0 aromatic rings. The number of rotatable bonds is 5. The molecule has 5 heteroatoms. The molecule has 1 rings (SSSR count). The third-order valence-electron chi connectivity index (χ3n) is 1.95. The number of hydrogen-bond acceptors (Lipinski definition) is 4. The van der Waals surface area contributed by atoms with E-state index in [0.29, 0.717) is 0 Å². The van der Waals surface area contributed by atoms with E-state index in [4.69, 9.17) is 5.02 Å². The number of nitrogens with one attached hydrogen (secondary N) is 1. The molecule has 0 bridgehead atoms. The molecule has 1 aliphatic rings. The summed E-state index contributed by atoms with van der Waals surface area (Å²) in [5.41, 5.74) is 0. The molecule has 1 fully saturated rings. The minimum Gasteiger partial charge on any atom is -0.437 e. The van der Waals surface area contributed by atoms with Gasteiger partial charge in [0.05, 0.1) is 4.58 Å². The summed E-state index contributed by atoms with van der Waals surface area (Å²) in [6.07, 6.45) is 3.82. The van der Waals surface area contributed by atoms with Gasteiger partial charge in [0.15, 0.2) is 0 Å². The van der Waals surface area contributed by atoms with Crippen molar-refractivity contribution in [1.82, 2.24) is 5.23 Å². The molecule has 1 heterocycles. The Morgan fingerprint density at radius 1 is 1.46 bits per heavy atom. The van der Waals surface area contributed by atoms with Crippen molar-refractivity contribution in [3.63, 3.8) is 0 Å². The summed E-state index contributed by atoms with van der Waals surface area (Å²) in [5, 5.41) is 12.0. The Balaban J connectivity index is 1.92. The van der Waals surface area contributed by atoms with E-state index in [-0.39, 0.29) is 7.05 Å². The van der Waals surface area contributed by atoms with E-state index in [2.05, 4.69) is 28.8 Å². The van der Waals surface area contributed by atoms with Crippen LogP contribution in [0.4, 0.5) is 0 Å². The first-order chi connectivity index (χ1) is 6.29. The highest BCUT2D eigenvalue weighted by molar-refractivity contribution is 8.17. The molecule has 0 saturated carbocycles. The van der Waals surface area contributed by atoms with Crippen LogP contribution >= 0.6 is 23.5 Å². The van der Waals surface area contributed by atoms with Crippen LogP contribution in [-0.2, 0) is 0 Å². The van der Waals surface area contributed by atoms with Crippen LogP contribution in [0.2, 0.25) is 6.82 Å². The van der Waals surface area contributed by atoms with E-state index >= 15 is 0 Å². The zero-order valence-corrected chi connectivity index (χ0v) is 9.79. The van der Waals surface area contributed by atoms with Crippen LogP contribution in [0.25, 0.3) is 0 Å². The number of hydrogen-bond donors (Lipinski definition) is 2. The molecule has 0 aromatic carbocycles. The van der Waals surface area contributed by atoms with Crippen LogP contribution in [0.1, 0.15) is 19.3 Å². The minimum atomic E-state index is -0.355. The molecule has 13 heavy (non-hydrogen) atoms. The lowest BCUT2D eigenvalue weighted by atomic mass is 9.89. The molecule has 0 spiro atoms. The van der Waals surface area contributed by atoms with Gasteiger partial charge < -0.3 is 10.3 Å². The highest BCUT2D eigenvalue weighted by Crippen LogP contribution is 2.33. The van der Waals surface area contributed by atoms with Gasteiger partial charge >= 0.3 is 7.05 Å². The van der Waals surface area contributed by atoms with Crippen molar-refractivity contribution in [2.24, 2.45) is 0 Å². The molecular formula is C8H18BNOS2. The van der Waals surface area contributed by atoms with Gasteiger partial charge in [0.2, 0.25) is 0 Å². The van der Waals surface area contributed by atoms with E-state index in [0.717, 1.165) is 11.1 Å². The Hall–Kier alpha value is 0.685. The Morgan fingerprint density at radius 3 is 2.77 bits per heavy atom. The standard InChI is InChI=1S/C8H18BNOS2/c1-9(11)10-5-2-4-8-12-6-3-7-13-8/h8,10-11H,2-7H2,1H3. The predicted octanol–water partition coefficient (Wildman–Crippen LogP) is 1.66. The average molecular weight is 219 g/mol. The van der Waals surface area contributed by atoms with Crippen LogP contribution in [0.3, 0.4) is 0 Å². The van der Waals surface area contributed by atoms with Gasteiger partial charge in [-0.15, -0.1) is 23.5 Å². The first-order valence-corrected chi connectivity index (χ1v) is 7.03. The average Bonchev–Trinajstić information content (AvgIpc) is 2.14. The van der Waals surface area contributed by atoms with Crippen molar-refractivity contribution in [1.29, 1.82) is 0 Å². The molecule has 76 valence electrons. The van der Waals surface area contributed by atoms with Gasteiger partial charge in [-0.25, -0.2) is 0 Å². The fourth-order valence-corrected chi connectivity index (χ4v) is 4.24. The van der Waals surface area contributed by atoms with E-state index in [9.17, 15) is 0 Å². The fourth-order valence-electron chi connectivity index (χ4n) is 1.28. The first-order valence-electron chi connectivity index (χ1n) is 4.93. The largest absolute Gasteiger partial charge is 0.437 e. The van der Waals surface area contributed by atoms with Gasteiger partial charge in [-0.05, 0) is 44.1 Å². The molecule has 1 aliphatic heterocycles. The molecule has 0 aliphatic carbocycles. The van der Waals surface area contributed by atoms with Gasteiger partial charge in [0.25, 0.3) is 0 Å². The van der Waals surface area contributed by atoms with Crippen molar-refractivity contribution >= 4 is 30.6 Å². The van der Waals surface area contributed by atoms with Crippen LogP contribution in [0, 0.1) is 0 Å². The fraction of sp³-hybridized carbons (Fsp3) is 1.00. The lowest BCUT2D eigenvalue weighted by Crippen LogP contribution is -2.31. The quantitative estimate of drug-likeness (QED) is 0.544. The molecule has 0 aromatic heterocycles. The summed E-state index contributed by atoms with van der Waals surface area (Å²) in [6, 6.07) is 0. The molecule has 0 radical (unpaired) electrons. The molecular weight excluding hydrogens is 201 g/mol. The lowest BCUT2D eigenvalue weighted by molar-refractivity contribution is 0.550. The number of thioether (sulfide) groups is 2. The second kappa shape index (κ2) is 7.04. The van der Waals surface area contributed by atoms with E-state index < -0.39 is 0 Å². The maximum Gasteiger partial charge on any atom is 0.373 e. The van der Waals surface area contributed by atoms with Crippen LogP contribution in [0.15, 0.2) is 0 Å². The second-order valence-electron chi connectivity index (χ2n) is 3.30. The Bertz CT molecular complexity index is 131. The van der Waals surface area contributed by atoms with Gasteiger partial charge in [-0.2, -0.15) is 0 Å². The summed E-state index contributed by atoms with van der Waals surface area (Å²) in [6.45, 7) is 2.71. The summed E-state index contributed by atoms with van der Waals surface area (Å²) in [5.74, 6) is 2.67. The van der Waals surface area contributed by atoms with Crippen molar-refractivity contribution < 1.29 is 5.02 Å². The molecule has 2 nitrogen and oxygen atoms in total. The maximum absolute atomic E-state index is 8.97. The van der Waals surface area contributed by atoms with Crippen LogP contribution in [0.5, 0.6) is 0 Å². The van der Waals surface area contributed by atoms with E-state index in [1.165, 1.54) is 30.8 Å². The monoisotopic (exact) mass is 219 g/mol. The molecule has 0 atom stereocenters. The van der Waals surface area contributed by atoms with Gasteiger partial charge in [0.1, 0.15) is 0 Å². The van der Waals surface area contributed by atoms with E-state index in [1.807, 2.05) is 0 Å². The van der Waals surface area contributed by atoms with Gasteiger partial charge in [-0.3, -0.25) is 0 Å². The Labute approximate surface area is 89.8 Å². The summed E-state index contributed by atoms with van der Waals surface area (Å²) < 4.78 is 0.810. The molecule has 0 amide bonds. The smallest absolute Gasteiger partial charge is 0.373 e. The topological polar surface area (TPSA) is 32.3 Å².